The number of nitrogens with zero attached hydrogens (tertiary/aromatic N) is 2. The molecule has 0 bridgehead atoms. The van der Waals surface area contributed by atoms with Crippen LogP contribution < -0.4 is 0 Å². The molecule has 0 aromatic carbocycles. The molecule has 2 aliphatic heterocycles. The maximum absolute atomic E-state index is 6.05. The lowest BCUT2D eigenvalue weighted by Crippen LogP contribution is -2.40. The summed E-state index contributed by atoms with van der Waals surface area (Å²) in [6.07, 6.45) is 9.14. The smallest absolute Gasteiger partial charge is 0.117 e. The van der Waals surface area contributed by atoms with E-state index in [1.807, 2.05) is 24.4 Å². The van der Waals surface area contributed by atoms with E-state index >= 15 is 0 Å². The highest BCUT2D eigenvalue weighted by atomic mass is 16.5. The van der Waals surface area contributed by atoms with Crippen LogP contribution >= 0.6 is 0 Å². The second kappa shape index (κ2) is 7.68. The van der Waals surface area contributed by atoms with Crippen molar-refractivity contribution in [2.24, 2.45) is 5.41 Å². The van der Waals surface area contributed by atoms with Crippen LogP contribution in [0.2, 0.25) is 0 Å². The van der Waals surface area contributed by atoms with Gasteiger partial charge in [-0.3, -0.25) is 9.88 Å². The van der Waals surface area contributed by atoms with Crippen molar-refractivity contribution in [2.75, 3.05) is 26.3 Å². The highest BCUT2D eigenvalue weighted by molar-refractivity contribution is 5.06. The fraction of sp³-hybridized carbons (Fsp3) is 0.550. The highest BCUT2D eigenvalue weighted by Crippen LogP contribution is 2.42. The average Bonchev–Trinajstić information content (AvgIpc) is 3.29. The Bertz CT molecular complexity index is 636. The number of hydrogen-bond donors (Lipinski definition) is 0. The Labute approximate surface area is 148 Å². The topological polar surface area (TPSA) is 47.7 Å². The summed E-state index contributed by atoms with van der Waals surface area (Å²) in [5.41, 5.74) is 1.46. The summed E-state index contributed by atoms with van der Waals surface area (Å²) in [6, 6.07) is 8.00. The fourth-order valence-electron chi connectivity index (χ4n) is 3.95. The minimum absolute atomic E-state index is 0.230. The molecule has 134 valence electrons. The zero-order chi connectivity index (χ0) is 17.0. The lowest BCUT2D eigenvalue weighted by molar-refractivity contribution is 0.00618. The zero-order valence-electron chi connectivity index (χ0n) is 14.6. The second-order valence-electron chi connectivity index (χ2n) is 7.37. The van der Waals surface area contributed by atoms with Crippen LogP contribution in [-0.4, -0.2) is 42.3 Å². The number of likely N-dealkylation sites (tertiary alicyclic amines) is 1. The van der Waals surface area contributed by atoms with Crippen molar-refractivity contribution in [3.05, 3.63) is 54.2 Å². The monoisotopic (exact) mass is 342 g/mol. The van der Waals surface area contributed by atoms with Gasteiger partial charge in [-0.05, 0) is 61.5 Å². The summed E-state index contributed by atoms with van der Waals surface area (Å²) in [4.78, 5) is 6.60. The molecule has 5 heteroatoms. The van der Waals surface area contributed by atoms with E-state index in [1.165, 1.54) is 12.8 Å². The van der Waals surface area contributed by atoms with Gasteiger partial charge in [0, 0.05) is 12.4 Å². The molecule has 5 nitrogen and oxygen atoms in total. The van der Waals surface area contributed by atoms with Crippen molar-refractivity contribution in [1.82, 2.24) is 9.88 Å². The Balaban J connectivity index is 1.20. The van der Waals surface area contributed by atoms with E-state index in [0.717, 1.165) is 44.0 Å². The van der Waals surface area contributed by atoms with Crippen LogP contribution in [0.25, 0.3) is 0 Å². The van der Waals surface area contributed by atoms with Crippen molar-refractivity contribution in [1.29, 1.82) is 0 Å². The third-order valence-electron chi connectivity index (χ3n) is 5.46. The molecule has 0 radical (unpaired) electrons. The van der Waals surface area contributed by atoms with Crippen molar-refractivity contribution in [3.8, 4) is 0 Å². The van der Waals surface area contributed by atoms with Gasteiger partial charge in [0.2, 0.25) is 0 Å². The van der Waals surface area contributed by atoms with Crippen LogP contribution in [-0.2, 0) is 22.6 Å². The Morgan fingerprint density at radius 1 is 1.24 bits per heavy atom. The molecule has 25 heavy (non-hydrogen) atoms. The van der Waals surface area contributed by atoms with Crippen molar-refractivity contribution in [2.45, 2.75) is 38.5 Å². The van der Waals surface area contributed by atoms with E-state index in [4.69, 9.17) is 13.9 Å². The zero-order valence-corrected chi connectivity index (χ0v) is 14.6. The summed E-state index contributed by atoms with van der Waals surface area (Å²) in [5.74, 6) is 1.06. The molecule has 1 atom stereocenters. The normalized spacial score (nSPS) is 23.3. The molecule has 2 aliphatic rings. The van der Waals surface area contributed by atoms with Crippen molar-refractivity contribution < 1.29 is 13.9 Å². The van der Waals surface area contributed by atoms with E-state index < -0.39 is 0 Å². The van der Waals surface area contributed by atoms with Crippen LogP contribution in [0.1, 0.15) is 30.6 Å². The van der Waals surface area contributed by atoms with Gasteiger partial charge in [0.05, 0.1) is 38.7 Å². The minimum atomic E-state index is 0.230. The number of aromatic nitrogens is 1. The molecule has 1 spiro atoms. The summed E-state index contributed by atoms with van der Waals surface area (Å²) in [7, 11) is 0. The van der Waals surface area contributed by atoms with Crippen LogP contribution in [0.15, 0.2) is 47.3 Å². The van der Waals surface area contributed by atoms with Gasteiger partial charge < -0.3 is 13.9 Å². The van der Waals surface area contributed by atoms with E-state index in [-0.39, 0.29) is 6.10 Å². The van der Waals surface area contributed by atoms with Crippen LogP contribution in [0, 0.1) is 5.41 Å². The maximum Gasteiger partial charge on any atom is 0.117 e. The molecule has 2 aromatic rings. The standard InChI is InChI=1S/C20H26N2O3/c1-3-17(12-21-7-1)14-23-15-19-11-20(16-25-19)5-8-22(9-6-20)13-18-4-2-10-24-18/h1-4,7,10,12,19H,5-6,8-9,11,13-16H2/t19-/m0/s1. The molecule has 2 fully saturated rings. The van der Waals surface area contributed by atoms with Gasteiger partial charge in [-0.15, -0.1) is 0 Å². The molecule has 0 N–H and O–H groups in total. The molecular formula is C20H26N2O3. The molecule has 0 aliphatic carbocycles. The molecule has 0 amide bonds. The first kappa shape index (κ1) is 16.8. The van der Waals surface area contributed by atoms with Crippen molar-refractivity contribution >= 4 is 0 Å². The van der Waals surface area contributed by atoms with E-state index in [9.17, 15) is 0 Å². The molecule has 4 rings (SSSR count). The maximum atomic E-state index is 6.05. The first-order valence-electron chi connectivity index (χ1n) is 9.14. The SMILES string of the molecule is c1cncc(COC[C@@H]2CC3(CCN(Cc4ccco4)CC3)CO2)c1. The third-order valence-corrected chi connectivity index (χ3v) is 5.46. The van der Waals surface area contributed by atoms with Crippen LogP contribution in [0.4, 0.5) is 0 Å². The summed E-state index contributed by atoms with van der Waals surface area (Å²) >= 11 is 0. The van der Waals surface area contributed by atoms with Crippen LogP contribution in [0.5, 0.6) is 0 Å². The molecule has 2 saturated heterocycles. The minimum Gasteiger partial charge on any atom is -0.468 e. The molecule has 2 aromatic heterocycles. The summed E-state index contributed by atoms with van der Waals surface area (Å²) in [6.45, 7) is 5.31. The second-order valence-corrected chi connectivity index (χ2v) is 7.37. The van der Waals surface area contributed by atoms with Gasteiger partial charge in [-0.2, -0.15) is 0 Å². The molecule has 0 unspecified atom stereocenters. The number of hydrogen-bond acceptors (Lipinski definition) is 5. The third kappa shape index (κ3) is 4.29. The molecule has 0 saturated carbocycles. The average molecular weight is 342 g/mol. The Morgan fingerprint density at radius 3 is 2.92 bits per heavy atom. The Morgan fingerprint density at radius 2 is 2.16 bits per heavy atom. The number of furan rings is 1. The lowest BCUT2D eigenvalue weighted by Gasteiger charge is -2.38. The van der Waals surface area contributed by atoms with E-state index in [0.29, 0.717) is 18.6 Å². The van der Waals surface area contributed by atoms with Gasteiger partial charge in [0.15, 0.2) is 0 Å². The van der Waals surface area contributed by atoms with Gasteiger partial charge in [0.25, 0.3) is 0 Å². The predicted octanol–water partition coefficient (Wildman–Crippen LogP) is 3.26. The highest BCUT2D eigenvalue weighted by Gasteiger charge is 2.42. The first-order valence-corrected chi connectivity index (χ1v) is 9.14. The Hall–Kier alpha value is -1.69. The van der Waals surface area contributed by atoms with Crippen molar-refractivity contribution in [3.63, 3.8) is 0 Å². The van der Waals surface area contributed by atoms with Gasteiger partial charge in [-0.25, -0.2) is 0 Å². The first-order chi connectivity index (χ1) is 12.3. The number of piperidine rings is 1. The largest absolute Gasteiger partial charge is 0.468 e. The number of ether oxygens (including phenoxy) is 2. The van der Waals surface area contributed by atoms with E-state index in [2.05, 4.69) is 16.0 Å². The quantitative estimate of drug-likeness (QED) is 0.806. The summed E-state index contributed by atoms with van der Waals surface area (Å²) in [5, 5.41) is 0. The lowest BCUT2D eigenvalue weighted by atomic mass is 9.76. The number of pyridine rings is 1. The van der Waals surface area contributed by atoms with E-state index in [1.54, 1.807) is 12.5 Å². The van der Waals surface area contributed by atoms with Gasteiger partial charge in [0.1, 0.15) is 5.76 Å². The molecular weight excluding hydrogens is 316 g/mol. The predicted molar refractivity (Wildman–Crippen MR) is 93.9 cm³/mol. The Kier molecular flexibility index (Phi) is 5.15. The van der Waals surface area contributed by atoms with Crippen LogP contribution in [0.3, 0.4) is 0 Å². The number of rotatable bonds is 6. The van der Waals surface area contributed by atoms with Gasteiger partial charge in [-0.1, -0.05) is 6.07 Å². The molecule has 4 heterocycles. The van der Waals surface area contributed by atoms with Gasteiger partial charge >= 0.3 is 0 Å². The summed E-state index contributed by atoms with van der Waals surface area (Å²) < 4.78 is 17.4. The fourth-order valence-corrected chi connectivity index (χ4v) is 3.95.